The van der Waals surface area contributed by atoms with Gasteiger partial charge >= 0.3 is 30.1 Å². The fourth-order valence-electron chi connectivity index (χ4n) is 10.7. The number of rotatable bonds is 18. The van der Waals surface area contributed by atoms with Crippen LogP contribution in [0, 0.1) is 5.92 Å². The highest BCUT2D eigenvalue weighted by Gasteiger charge is 2.54. The van der Waals surface area contributed by atoms with Crippen LogP contribution in [0.1, 0.15) is 119 Å². The summed E-state index contributed by atoms with van der Waals surface area (Å²) in [6.07, 6.45) is -4.46. The number of benzene rings is 5. The highest BCUT2D eigenvalue weighted by atomic mass is 19.4. The number of para-hydroxylation sites is 1. The van der Waals surface area contributed by atoms with Crippen molar-refractivity contribution in [2.75, 3.05) is 35.2 Å². The number of hydrogen-bond acceptors (Lipinski definition) is 9. The molecular formula is C59H57F6N7O9. The molecule has 1 aliphatic carbocycles. The number of likely N-dealkylation sites (N-methyl/N-ethyl adjacent to an activating group) is 1. The largest absolute Gasteiger partial charge is 0.471 e. The second kappa shape index (κ2) is 23.6. The third kappa shape index (κ3) is 12.2. The van der Waals surface area contributed by atoms with Crippen molar-refractivity contribution in [3.63, 3.8) is 0 Å². The molecule has 5 aromatic carbocycles. The average Bonchev–Trinajstić information content (AvgIpc) is 2.82. The van der Waals surface area contributed by atoms with Crippen LogP contribution in [0.25, 0.3) is 10.9 Å². The molecule has 0 atom stereocenters. The highest BCUT2D eigenvalue weighted by Crippen LogP contribution is 2.57. The van der Waals surface area contributed by atoms with E-state index in [1.807, 2.05) is 61.5 Å². The Kier molecular flexibility index (Phi) is 16.6. The molecular weight excluding hydrogens is 1060 g/mol. The molecule has 6 amide bonds. The standard InChI is InChI=1S/C59H57F6N7O9/c1-3-34-12-11-14-41(28-34)71(4-2)50(73)33-72-46-15-8-7-13-36(46)30-47(72)53(76)68-38-19-16-35(17-20-38)51(74)66-26-9-5-6-10-27-67-52(75)37-18-23-43-42(29-37)54(77)81-57(43)44-24-21-39(69-55(78)58(60,61)62)31-48(44)80-49-32-40(22-25-45(49)57)70-56(79)59(63,64)65/h7-8,11-15,18,21-25,28-32,35,38H,3-6,9-10,16-17,19-20,26-27,33H2,1-2H3,(H,66,74)(H,67,75)(H,68,76)(H,69,78)(H,70,79)/t35-,38-. The molecule has 3 heterocycles. The molecule has 6 aromatic rings. The van der Waals surface area contributed by atoms with Gasteiger partial charge in [-0.25, -0.2) is 4.79 Å². The molecule has 16 nitrogen and oxygen atoms in total. The number of aryl methyl sites for hydroxylation is 1. The summed E-state index contributed by atoms with van der Waals surface area (Å²) in [5.41, 5.74) is 0.758. The first-order valence-electron chi connectivity index (χ1n) is 26.6. The van der Waals surface area contributed by atoms with Crippen LogP contribution in [0.15, 0.2) is 109 Å². The second-order valence-corrected chi connectivity index (χ2v) is 20.1. The summed E-state index contributed by atoms with van der Waals surface area (Å²) in [4.78, 5) is 93.2. The minimum absolute atomic E-state index is 0.0180. The van der Waals surface area contributed by atoms with Crippen LogP contribution in [-0.4, -0.2) is 84.0 Å². The molecule has 2 aliphatic heterocycles. The number of hydrogen-bond donors (Lipinski definition) is 5. The van der Waals surface area contributed by atoms with E-state index in [2.05, 4.69) is 22.9 Å². The lowest BCUT2D eigenvalue weighted by molar-refractivity contribution is -0.167. The van der Waals surface area contributed by atoms with E-state index in [1.54, 1.807) is 20.1 Å². The number of fused-ring (bicyclic) bond motifs is 7. The van der Waals surface area contributed by atoms with Crippen LogP contribution in [0.5, 0.6) is 11.5 Å². The molecule has 1 fully saturated rings. The molecule has 0 bridgehead atoms. The molecule has 22 heteroatoms. The molecule has 0 saturated heterocycles. The van der Waals surface area contributed by atoms with Crippen LogP contribution in [0.4, 0.5) is 43.4 Å². The summed E-state index contributed by atoms with van der Waals surface area (Å²) in [6.45, 7) is 5.18. The lowest BCUT2D eigenvalue weighted by Gasteiger charge is -2.37. The van der Waals surface area contributed by atoms with Crippen LogP contribution >= 0.6 is 0 Å². The van der Waals surface area contributed by atoms with Crippen molar-refractivity contribution >= 4 is 69.4 Å². The van der Waals surface area contributed by atoms with Gasteiger partial charge in [0.15, 0.2) is 5.60 Å². The Morgan fingerprint density at radius 1 is 0.667 bits per heavy atom. The maximum atomic E-state index is 13.9. The summed E-state index contributed by atoms with van der Waals surface area (Å²) in [5, 5.41) is 13.3. The predicted octanol–water partition coefficient (Wildman–Crippen LogP) is 10.2. The van der Waals surface area contributed by atoms with Crippen molar-refractivity contribution in [1.82, 2.24) is 20.5 Å². The fraction of sp³-hybridized carbons (Fsp3) is 0.339. The van der Waals surface area contributed by atoms with Gasteiger partial charge in [0.25, 0.3) is 11.8 Å². The predicted molar refractivity (Wildman–Crippen MR) is 287 cm³/mol. The molecule has 5 N–H and O–H groups in total. The van der Waals surface area contributed by atoms with E-state index in [0.717, 1.165) is 65.7 Å². The Balaban J connectivity index is 0.741. The molecule has 0 radical (unpaired) electrons. The molecule has 1 aromatic heterocycles. The normalized spacial score (nSPS) is 16.0. The lowest BCUT2D eigenvalue weighted by atomic mass is 9.77. The maximum absolute atomic E-state index is 13.9. The zero-order valence-corrected chi connectivity index (χ0v) is 44.1. The minimum Gasteiger partial charge on any atom is -0.456 e. The monoisotopic (exact) mass is 1120 g/mol. The zero-order chi connectivity index (χ0) is 57.8. The van der Waals surface area contributed by atoms with Gasteiger partial charge in [0.2, 0.25) is 11.8 Å². The van der Waals surface area contributed by atoms with Gasteiger partial charge in [0, 0.05) is 93.9 Å². The molecule has 424 valence electrons. The number of carbonyl (C=O) groups excluding carboxylic acids is 7. The quantitative estimate of drug-likeness (QED) is 0.0315. The number of nitrogens with zero attached hydrogens (tertiary/aromatic N) is 2. The first-order chi connectivity index (χ1) is 38.7. The van der Waals surface area contributed by atoms with E-state index in [1.165, 1.54) is 30.3 Å². The van der Waals surface area contributed by atoms with E-state index in [0.29, 0.717) is 57.3 Å². The number of aromatic nitrogens is 1. The topological polar surface area (TPSA) is 206 Å². The van der Waals surface area contributed by atoms with Gasteiger partial charge in [-0.3, -0.25) is 28.8 Å². The number of esters is 1. The van der Waals surface area contributed by atoms with E-state index in [9.17, 15) is 59.9 Å². The third-order valence-electron chi connectivity index (χ3n) is 14.8. The van der Waals surface area contributed by atoms with Gasteiger partial charge < -0.3 is 45.5 Å². The first kappa shape index (κ1) is 57.0. The van der Waals surface area contributed by atoms with E-state index < -0.39 is 41.6 Å². The Labute approximate surface area is 460 Å². The summed E-state index contributed by atoms with van der Waals surface area (Å²) in [6, 6.07) is 28.1. The molecule has 81 heavy (non-hydrogen) atoms. The summed E-state index contributed by atoms with van der Waals surface area (Å²) in [5.74, 6) is -7.17. The molecule has 9 rings (SSSR count). The number of alkyl halides is 6. The van der Waals surface area contributed by atoms with E-state index in [4.69, 9.17) is 9.47 Å². The average molecular weight is 1120 g/mol. The van der Waals surface area contributed by atoms with Crippen molar-refractivity contribution < 1.29 is 69.4 Å². The highest BCUT2D eigenvalue weighted by molar-refractivity contribution is 6.03. The van der Waals surface area contributed by atoms with Crippen LogP contribution in [0.3, 0.4) is 0 Å². The van der Waals surface area contributed by atoms with Crippen LogP contribution in [-0.2, 0) is 42.5 Å². The Morgan fingerprint density at radius 3 is 1.90 bits per heavy atom. The Morgan fingerprint density at radius 2 is 1.28 bits per heavy atom. The van der Waals surface area contributed by atoms with Crippen molar-refractivity contribution in [3.05, 3.63) is 148 Å². The fourth-order valence-corrected chi connectivity index (χ4v) is 10.7. The second-order valence-electron chi connectivity index (χ2n) is 20.1. The van der Waals surface area contributed by atoms with Gasteiger partial charge in [-0.1, -0.05) is 56.2 Å². The van der Waals surface area contributed by atoms with Gasteiger partial charge in [-0.15, -0.1) is 0 Å². The molecule has 1 spiro atoms. The first-order valence-corrected chi connectivity index (χ1v) is 26.6. The number of amides is 6. The smallest absolute Gasteiger partial charge is 0.456 e. The Bertz CT molecular complexity index is 3360. The third-order valence-corrected chi connectivity index (χ3v) is 14.8. The summed E-state index contributed by atoms with van der Waals surface area (Å²) in [7, 11) is 0. The van der Waals surface area contributed by atoms with Crippen molar-refractivity contribution in [2.24, 2.45) is 5.92 Å². The van der Waals surface area contributed by atoms with Crippen LogP contribution in [0.2, 0.25) is 0 Å². The maximum Gasteiger partial charge on any atom is 0.471 e. The molecule has 0 unspecified atom stereocenters. The number of halogens is 6. The molecule has 1 saturated carbocycles. The number of nitrogens with one attached hydrogen (secondary N) is 5. The Hall–Kier alpha value is -8.69. The van der Waals surface area contributed by atoms with E-state index >= 15 is 0 Å². The number of unbranched alkanes of at least 4 members (excludes halogenated alkanes) is 3. The van der Waals surface area contributed by atoms with Crippen molar-refractivity contribution in [1.29, 1.82) is 0 Å². The zero-order valence-electron chi connectivity index (χ0n) is 44.1. The van der Waals surface area contributed by atoms with Crippen molar-refractivity contribution in [2.45, 2.75) is 102 Å². The lowest BCUT2D eigenvalue weighted by Crippen LogP contribution is -2.42. The molecule has 3 aliphatic rings. The van der Waals surface area contributed by atoms with Crippen LogP contribution < -0.4 is 36.2 Å². The van der Waals surface area contributed by atoms with Gasteiger partial charge in [-0.2, -0.15) is 26.3 Å². The van der Waals surface area contributed by atoms with Gasteiger partial charge in [0.05, 0.1) is 5.56 Å². The van der Waals surface area contributed by atoms with Gasteiger partial charge in [0.1, 0.15) is 23.7 Å². The number of ether oxygens (including phenoxy) is 2. The number of anilines is 3. The minimum atomic E-state index is -5.25. The van der Waals surface area contributed by atoms with E-state index in [-0.39, 0.29) is 93.5 Å². The SMILES string of the molecule is CCc1cccc(N(CC)C(=O)Cn2c(C(=O)N[C@H]3CC[C@H](C(=O)NCCCCCCNC(=O)c4ccc5c(c4)C(=O)OC54c5ccc(NC(=O)C(F)(F)F)cc5Oc5cc(NC(=O)C(F)(F)F)ccc54)CC3)cc3ccccc32)c1. The summed E-state index contributed by atoms with van der Waals surface area (Å²) >= 11 is 0. The summed E-state index contributed by atoms with van der Waals surface area (Å²) < 4.78 is 92.5. The van der Waals surface area contributed by atoms with Gasteiger partial charge in [-0.05, 0) is 118 Å². The number of carbonyl (C=O) groups is 7. The van der Waals surface area contributed by atoms with Crippen molar-refractivity contribution in [3.8, 4) is 11.5 Å².